The zero-order chi connectivity index (χ0) is 23.3. The van der Waals surface area contributed by atoms with Crippen molar-refractivity contribution >= 4 is 29.1 Å². The van der Waals surface area contributed by atoms with Crippen molar-refractivity contribution in [2.75, 3.05) is 50.1 Å². The molecule has 1 amide bonds. The number of ether oxygens (including phenoxy) is 2. The fourth-order valence-corrected chi connectivity index (χ4v) is 4.37. The molecule has 2 atom stereocenters. The highest BCUT2D eigenvalue weighted by Gasteiger charge is 2.28. The molecule has 4 heterocycles. The van der Waals surface area contributed by atoms with Gasteiger partial charge in [0.05, 0.1) is 47.8 Å². The highest BCUT2D eigenvalue weighted by Crippen LogP contribution is 2.30. The molecule has 2 fully saturated rings. The van der Waals surface area contributed by atoms with Crippen LogP contribution in [0, 0.1) is 11.8 Å². The minimum Gasteiger partial charge on any atom is -0.379 e. The fraction of sp³-hybridized carbons (Fsp3) is 0.565. The van der Waals surface area contributed by atoms with Crippen molar-refractivity contribution in [2.24, 2.45) is 11.8 Å². The SMILES string of the molecule is CC1(C)CC(CNc2cncc(-c3cc(NC(=O)C4CNCCOC4)ncc3Cl)n2)CCO1. The molecule has 0 bridgehead atoms. The van der Waals surface area contributed by atoms with Crippen LogP contribution in [0.5, 0.6) is 0 Å². The van der Waals surface area contributed by atoms with Gasteiger partial charge in [-0.1, -0.05) is 11.6 Å². The Balaban J connectivity index is 1.43. The van der Waals surface area contributed by atoms with Crippen LogP contribution in [0.2, 0.25) is 5.02 Å². The molecule has 2 saturated heterocycles. The summed E-state index contributed by atoms with van der Waals surface area (Å²) in [5.41, 5.74) is 1.16. The van der Waals surface area contributed by atoms with E-state index in [-0.39, 0.29) is 17.4 Å². The second-order valence-electron chi connectivity index (χ2n) is 9.15. The van der Waals surface area contributed by atoms with Crippen molar-refractivity contribution in [3.8, 4) is 11.3 Å². The maximum atomic E-state index is 12.6. The number of hydrogen-bond acceptors (Lipinski definition) is 8. The molecule has 3 N–H and O–H groups in total. The van der Waals surface area contributed by atoms with Gasteiger partial charge in [-0.15, -0.1) is 0 Å². The van der Waals surface area contributed by atoms with Crippen LogP contribution in [-0.4, -0.2) is 65.9 Å². The molecular formula is C23H31ClN6O3. The smallest absolute Gasteiger partial charge is 0.232 e. The molecule has 0 aliphatic carbocycles. The Labute approximate surface area is 199 Å². The predicted molar refractivity (Wildman–Crippen MR) is 127 cm³/mol. The summed E-state index contributed by atoms with van der Waals surface area (Å²) in [4.78, 5) is 25.9. The zero-order valence-electron chi connectivity index (χ0n) is 19.1. The van der Waals surface area contributed by atoms with E-state index in [2.05, 4.69) is 44.7 Å². The molecule has 2 aromatic heterocycles. The summed E-state index contributed by atoms with van der Waals surface area (Å²) >= 11 is 6.41. The van der Waals surface area contributed by atoms with E-state index in [0.717, 1.165) is 32.5 Å². The van der Waals surface area contributed by atoms with Gasteiger partial charge in [-0.3, -0.25) is 9.78 Å². The molecule has 9 nitrogen and oxygen atoms in total. The van der Waals surface area contributed by atoms with Crippen LogP contribution >= 0.6 is 11.6 Å². The molecule has 0 aromatic carbocycles. The first-order valence-electron chi connectivity index (χ1n) is 11.3. The average molecular weight is 475 g/mol. The number of nitrogens with zero attached hydrogens (tertiary/aromatic N) is 3. The highest BCUT2D eigenvalue weighted by atomic mass is 35.5. The predicted octanol–water partition coefficient (Wildman–Crippen LogP) is 2.98. The van der Waals surface area contributed by atoms with Crippen LogP contribution in [0.1, 0.15) is 26.7 Å². The molecule has 0 spiro atoms. The van der Waals surface area contributed by atoms with Gasteiger partial charge in [0.1, 0.15) is 11.6 Å². The van der Waals surface area contributed by atoms with Gasteiger partial charge in [0.15, 0.2) is 0 Å². The number of nitrogens with one attached hydrogen (secondary N) is 3. The first-order chi connectivity index (χ1) is 15.9. The number of hydrogen-bond donors (Lipinski definition) is 3. The van der Waals surface area contributed by atoms with E-state index in [1.165, 1.54) is 6.20 Å². The molecule has 4 rings (SSSR count). The van der Waals surface area contributed by atoms with Crippen molar-refractivity contribution in [3.05, 3.63) is 29.7 Å². The average Bonchev–Trinajstić information content (AvgIpc) is 3.08. The molecule has 2 aliphatic rings. The number of carbonyl (C=O) groups excluding carboxylic acids is 1. The standard InChI is InChI=1S/C23H31ClN6O3/c1-23(2)8-15(3-5-33-23)9-27-21-13-26-12-19(29-21)17-7-20(28-11-18(17)24)30-22(31)16-10-25-4-6-32-14-16/h7,11-13,15-16,25H,3-6,8-10,14H2,1-2H3,(H,27,29)(H,28,30,31). The van der Waals surface area contributed by atoms with Crippen molar-refractivity contribution in [3.63, 3.8) is 0 Å². The lowest BCUT2D eigenvalue weighted by molar-refractivity contribution is -0.121. The van der Waals surface area contributed by atoms with Gasteiger partial charge >= 0.3 is 0 Å². The number of rotatable bonds is 6. The van der Waals surface area contributed by atoms with E-state index < -0.39 is 0 Å². The Morgan fingerprint density at radius 1 is 1.27 bits per heavy atom. The molecule has 10 heteroatoms. The number of halogens is 1. The lowest BCUT2D eigenvalue weighted by Crippen LogP contribution is -2.36. The van der Waals surface area contributed by atoms with E-state index in [4.69, 9.17) is 21.1 Å². The molecule has 2 aliphatic heterocycles. The second kappa shape index (κ2) is 10.7. The van der Waals surface area contributed by atoms with Crippen LogP contribution < -0.4 is 16.0 Å². The quantitative estimate of drug-likeness (QED) is 0.586. The molecule has 0 saturated carbocycles. The third-order valence-electron chi connectivity index (χ3n) is 5.89. The minimum absolute atomic E-state index is 0.0948. The monoisotopic (exact) mass is 474 g/mol. The van der Waals surface area contributed by atoms with Crippen molar-refractivity contribution in [1.82, 2.24) is 20.3 Å². The van der Waals surface area contributed by atoms with Gasteiger partial charge in [-0.25, -0.2) is 9.97 Å². The maximum Gasteiger partial charge on any atom is 0.232 e. The van der Waals surface area contributed by atoms with E-state index in [0.29, 0.717) is 53.6 Å². The Morgan fingerprint density at radius 2 is 2.15 bits per heavy atom. The largest absolute Gasteiger partial charge is 0.379 e. The van der Waals surface area contributed by atoms with E-state index in [1.807, 2.05) is 0 Å². The first-order valence-corrected chi connectivity index (χ1v) is 11.7. The molecule has 2 aromatic rings. The van der Waals surface area contributed by atoms with Crippen molar-refractivity contribution < 1.29 is 14.3 Å². The van der Waals surface area contributed by atoms with Crippen LogP contribution in [0.4, 0.5) is 11.6 Å². The van der Waals surface area contributed by atoms with Gasteiger partial charge < -0.3 is 25.4 Å². The topological polar surface area (TPSA) is 110 Å². The highest BCUT2D eigenvalue weighted by molar-refractivity contribution is 6.33. The molecule has 33 heavy (non-hydrogen) atoms. The van der Waals surface area contributed by atoms with Gasteiger partial charge in [-0.2, -0.15) is 0 Å². The van der Waals surface area contributed by atoms with E-state index >= 15 is 0 Å². The van der Waals surface area contributed by atoms with E-state index in [9.17, 15) is 4.79 Å². The Bertz CT molecular complexity index is 965. The van der Waals surface area contributed by atoms with Gasteiger partial charge in [-0.05, 0) is 38.7 Å². The number of carbonyl (C=O) groups is 1. The molecular weight excluding hydrogens is 444 g/mol. The number of amides is 1. The summed E-state index contributed by atoms with van der Waals surface area (Å²) in [6, 6.07) is 1.72. The third-order valence-corrected chi connectivity index (χ3v) is 6.19. The maximum absolute atomic E-state index is 12.6. The third kappa shape index (κ3) is 6.60. The lowest BCUT2D eigenvalue weighted by atomic mass is 9.88. The molecule has 2 unspecified atom stereocenters. The Kier molecular flexibility index (Phi) is 7.75. The van der Waals surface area contributed by atoms with Crippen LogP contribution in [0.25, 0.3) is 11.3 Å². The molecule has 178 valence electrons. The number of aromatic nitrogens is 3. The number of pyridine rings is 1. The van der Waals surface area contributed by atoms with Crippen LogP contribution in [0.15, 0.2) is 24.7 Å². The first kappa shape index (κ1) is 23.8. The number of anilines is 2. The Hall–Kier alpha value is -2.33. The summed E-state index contributed by atoms with van der Waals surface area (Å²) in [5.74, 6) is 1.17. The van der Waals surface area contributed by atoms with Gasteiger partial charge in [0, 0.05) is 38.0 Å². The summed E-state index contributed by atoms with van der Waals surface area (Å²) in [6.07, 6.45) is 6.88. The summed E-state index contributed by atoms with van der Waals surface area (Å²) in [5, 5.41) is 9.89. The van der Waals surface area contributed by atoms with Crippen molar-refractivity contribution in [2.45, 2.75) is 32.3 Å². The normalized spacial score (nSPS) is 22.9. The molecule has 0 radical (unpaired) electrons. The van der Waals surface area contributed by atoms with Crippen molar-refractivity contribution in [1.29, 1.82) is 0 Å². The van der Waals surface area contributed by atoms with Crippen LogP contribution in [-0.2, 0) is 14.3 Å². The van der Waals surface area contributed by atoms with Gasteiger partial charge in [0.2, 0.25) is 5.91 Å². The van der Waals surface area contributed by atoms with Crippen LogP contribution in [0.3, 0.4) is 0 Å². The fourth-order valence-electron chi connectivity index (χ4n) is 4.17. The summed E-state index contributed by atoms with van der Waals surface area (Å²) in [7, 11) is 0. The van der Waals surface area contributed by atoms with E-state index in [1.54, 1.807) is 18.5 Å². The Morgan fingerprint density at radius 3 is 3.00 bits per heavy atom. The lowest BCUT2D eigenvalue weighted by Gasteiger charge is -2.35. The zero-order valence-corrected chi connectivity index (χ0v) is 19.8. The summed E-state index contributed by atoms with van der Waals surface area (Å²) < 4.78 is 11.3. The minimum atomic E-state index is -0.282. The second-order valence-corrected chi connectivity index (χ2v) is 9.56. The summed E-state index contributed by atoms with van der Waals surface area (Å²) in [6.45, 7) is 8.11. The van der Waals surface area contributed by atoms with Gasteiger partial charge in [0.25, 0.3) is 0 Å².